The maximum absolute atomic E-state index is 13.2. The van der Waals surface area contributed by atoms with E-state index in [2.05, 4.69) is 0 Å². The van der Waals surface area contributed by atoms with Crippen molar-refractivity contribution in [3.05, 3.63) is 28.8 Å². The zero-order valence-corrected chi connectivity index (χ0v) is 9.78. The number of phenolic OH excluding ortho intramolecular Hbond substituents is 1. The second kappa shape index (κ2) is 4.12. The number of alkyl halides is 2. The highest BCUT2D eigenvalue weighted by Gasteiger charge is 2.29. The van der Waals surface area contributed by atoms with E-state index >= 15 is 0 Å². The summed E-state index contributed by atoms with van der Waals surface area (Å²) in [6.45, 7) is 1.05. The van der Waals surface area contributed by atoms with E-state index < -0.39 is 12.0 Å². The van der Waals surface area contributed by atoms with Crippen molar-refractivity contribution in [1.29, 1.82) is 0 Å². The van der Waals surface area contributed by atoms with Crippen LogP contribution in [0.25, 0.3) is 0 Å². The Bertz CT molecular complexity index is 497. The van der Waals surface area contributed by atoms with Gasteiger partial charge >= 0.3 is 6.09 Å². The van der Waals surface area contributed by atoms with E-state index in [0.29, 0.717) is 17.5 Å². The molecule has 0 aliphatic carbocycles. The minimum atomic E-state index is -3.02. The topological polar surface area (TPSA) is 60.8 Å². The van der Waals surface area contributed by atoms with E-state index in [-0.39, 0.29) is 24.4 Å². The van der Waals surface area contributed by atoms with Crippen LogP contribution in [0.2, 0.25) is 0 Å². The number of hydrogen-bond donors (Lipinski definition) is 2. The first-order valence-corrected chi connectivity index (χ1v) is 5.50. The fourth-order valence-corrected chi connectivity index (χ4v) is 2.06. The lowest BCUT2D eigenvalue weighted by Gasteiger charge is -2.28. The van der Waals surface area contributed by atoms with Crippen molar-refractivity contribution in [2.24, 2.45) is 0 Å². The summed E-state index contributed by atoms with van der Waals surface area (Å²) >= 11 is 0. The molecular weight excluding hydrogens is 244 g/mol. The number of carboxylic acid groups (broad SMARTS) is 1. The van der Waals surface area contributed by atoms with Gasteiger partial charge in [0, 0.05) is 24.6 Å². The van der Waals surface area contributed by atoms with Crippen LogP contribution >= 0.6 is 0 Å². The zero-order chi connectivity index (χ0) is 13.5. The van der Waals surface area contributed by atoms with Gasteiger partial charge in [-0.2, -0.15) is 0 Å². The number of amides is 1. The first-order chi connectivity index (χ1) is 8.29. The molecule has 0 bridgehead atoms. The van der Waals surface area contributed by atoms with Gasteiger partial charge in [-0.25, -0.2) is 13.6 Å². The summed E-state index contributed by atoms with van der Waals surface area (Å²) in [7, 11) is 0. The van der Waals surface area contributed by atoms with Gasteiger partial charge in [0.25, 0.3) is 5.92 Å². The number of hydrogen-bond acceptors (Lipinski definition) is 2. The van der Waals surface area contributed by atoms with Gasteiger partial charge in [-0.15, -0.1) is 0 Å². The molecule has 2 N–H and O–H groups in total. The van der Waals surface area contributed by atoms with E-state index in [0.717, 1.165) is 17.9 Å². The van der Waals surface area contributed by atoms with Crippen LogP contribution < -0.4 is 0 Å². The molecule has 18 heavy (non-hydrogen) atoms. The van der Waals surface area contributed by atoms with Gasteiger partial charge in [0.2, 0.25) is 0 Å². The monoisotopic (exact) mass is 257 g/mol. The second-order valence-corrected chi connectivity index (χ2v) is 4.48. The first kappa shape index (κ1) is 12.6. The molecule has 0 saturated carbocycles. The molecule has 1 heterocycles. The SMILES string of the molecule is CC(F)(F)c1cc(O)c2c(c1)CCN(C(=O)O)C2. The van der Waals surface area contributed by atoms with Crippen molar-refractivity contribution in [2.75, 3.05) is 6.54 Å². The molecule has 0 radical (unpaired) electrons. The molecule has 98 valence electrons. The summed E-state index contributed by atoms with van der Waals surface area (Å²) in [5.74, 6) is -3.29. The molecule has 1 amide bonds. The molecule has 6 heteroatoms. The molecule has 1 aliphatic heterocycles. The molecule has 4 nitrogen and oxygen atoms in total. The van der Waals surface area contributed by atoms with Gasteiger partial charge in [-0.3, -0.25) is 0 Å². The molecule has 1 aromatic carbocycles. The zero-order valence-electron chi connectivity index (χ0n) is 9.78. The number of phenols is 1. The average Bonchev–Trinajstić information content (AvgIpc) is 2.27. The van der Waals surface area contributed by atoms with Crippen LogP contribution in [-0.2, 0) is 18.9 Å². The first-order valence-electron chi connectivity index (χ1n) is 5.50. The van der Waals surface area contributed by atoms with Crippen LogP contribution in [0, 0.1) is 0 Å². The van der Waals surface area contributed by atoms with Crippen molar-refractivity contribution < 1.29 is 23.8 Å². The Kier molecular flexibility index (Phi) is 2.88. The van der Waals surface area contributed by atoms with Gasteiger partial charge in [-0.1, -0.05) is 0 Å². The van der Waals surface area contributed by atoms with E-state index in [1.165, 1.54) is 6.07 Å². The number of rotatable bonds is 1. The van der Waals surface area contributed by atoms with Crippen LogP contribution in [0.4, 0.5) is 13.6 Å². The number of carbonyl (C=O) groups is 1. The second-order valence-electron chi connectivity index (χ2n) is 4.48. The normalized spacial score (nSPS) is 15.4. The molecular formula is C12H13F2NO3. The highest BCUT2D eigenvalue weighted by atomic mass is 19.3. The molecule has 1 aliphatic rings. The summed E-state index contributed by atoms with van der Waals surface area (Å²) < 4.78 is 26.4. The lowest BCUT2D eigenvalue weighted by molar-refractivity contribution is 0.0170. The quantitative estimate of drug-likeness (QED) is 0.812. The van der Waals surface area contributed by atoms with Crippen LogP contribution in [0.5, 0.6) is 5.75 Å². The molecule has 1 aromatic rings. The number of halogens is 2. The highest BCUT2D eigenvalue weighted by molar-refractivity contribution is 5.66. The van der Waals surface area contributed by atoms with Crippen molar-refractivity contribution in [3.63, 3.8) is 0 Å². The summed E-state index contributed by atoms with van der Waals surface area (Å²) in [4.78, 5) is 12.0. The predicted octanol–water partition coefficient (Wildman–Crippen LogP) is 2.54. The molecule has 0 spiro atoms. The summed E-state index contributed by atoms with van der Waals surface area (Å²) in [6, 6.07) is 2.35. The Labute approximate surface area is 102 Å². The molecule has 2 rings (SSSR count). The largest absolute Gasteiger partial charge is 0.508 e. The Hall–Kier alpha value is -1.85. The standard InChI is InChI=1S/C12H13F2NO3/c1-12(13,14)8-4-7-2-3-15(11(17)18)6-9(7)10(16)5-8/h4-5,16H,2-3,6H2,1H3,(H,17,18). The highest BCUT2D eigenvalue weighted by Crippen LogP contribution is 2.35. The maximum Gasteiger partial charge on any atom is 0.407 e. The average molecular weight is 257 g/mol. The number of fused-ring (bicyclic) bond motifs is 1. The van der Waals surface area contributed by atoms with Gasteiger partial charge < -0.3 is 15.1 Å². The van der Waals surface area contributed by atoms with Gasteiger partial charge in [-0.05, 0) is 24.1 Å². The van der Waals surface area contributed by atoms with Crippen LogP contribution in [0.15, 0.2) is 12.1 Å². The maximum atomic E-state index is 13.2. The summed E-state index contributed by atoms with van der Waals surface area (Å²) in [5.41, 5.74) is 0.753. The lowest BCUT2D eigenvalue weighted by Crippen LogP contribution is -2.35. The minimum absolute atomic E-state index is 0.0338. The Morgan fingerprint density at radius 1 is 1.44 bits per heavy atom. The third kappa shape index (κ3) is 2.23. The van der Waals surface area contributed by atoms with Crippen molar-refractivity contribution in [3.8, 4) is 5.75 Å². The third-order valence-electron chi connectivity index (χ3n) is 3.10. The molecule has 0 atom stereocenters. The van der Waals surface area contributed by atoms with E-state index in [1.54, 1.807) is 0 Å². The number of nitrogens with zero attached hydrogens (tertiary/aromatic N) is 1. The van der Waals surface area contributed by atoms with Crippen LogP contribution in [0.3, 0.4) is 0 Å². The summed E-state index contributed by atoms with van der Waals surface area (Å²) in [6.07, 6.45) is -0.746. The molecule has 0 fully saturated rings. The number of aromatic hydroxyl groups is 1. The van der Waals surface area contributed by atoms with E-state index in [4.69, 9.17) is 5.11 Å². The predicted molar refractivity (Wildman–Crippen MR) is 59.8 cm³/mol. The Morgan fingerprint density at radius 2 is 2.11 bits per heavy atom. The molecule has 0 saturated heterocycles. The van der Waals surface area contributed by atoms with Crippen LogP contribution in [0.1, 0.15) is 23.6 Å². The van der Waals surface area contributed by atoms with E-state index in [9.17, 15) is 18.7 Å². The van der Waals surface area contributed by atoms with Gasteiger partial charge in [0.15, 0.2) is 0 Å². The third-order valence-corrected chi connectivity index (χ3v) is 3.10. The summed E-state index contributed by atoms with van der Waals surface area (Å²) in [5, 5.41) is 18.6. The van der Waals surface area contributed by atoms with Crippen molar-refractivity contribution >= 4 is 6.09 Å². The minimum Gasteiger partial charge on any atom is -0.508 e. The van der Waals surface area contributed by atoms with Crippen LogP contribution in [-0.4, -0.2) is 27.8 Å². The van der Waals surface area contributed by atoms with Gasteiger partial charge in [0.05, 0.1) is 6.54 Å². The van der Waals surface area contributed by atoms with Crippen molar-refractivity contribution in [2.45, 2.75) is 25.8 Å². The Balaban J connectivity index is 2.40. The Morgan fingerprint density at radius 3 is 2.67 bits per heavy atom. The van der Waals surface area contributed by atoms with Crippen molar-refractivity contribution in [1.82, 2.24) is 4.90 Å². The fraction of sp³-hybridized carbons (Fsp3) is 0.417. The fourth-order valence-electron chi connectivity index (χ4n) is 2.06. The lowest BCUT2D eigenvalue weighted by atomic mass is 9.94. The smallest absolute Gasteiger partial charge is 0.407 e. The molecule has 0 unspecified atom stereocenters. The van der Waals surface area contributed by atoms with Gasteiger partial charge in [0.1, 0.15) is 5.75 Å². The van der Waals surface area contributed by atoms with E-state index in [1.807, 2.05) is 0 Å². The molecule has 0 aromatic heterocycles. The number of benzene rings is 1.